The molecule has 4 rings (SSSR count). The number of hydrogen-bond acceptors (Lipinski definition) is 5. The van der Waals surface area contributed by atoms with Gasteiger partial charge in [-0.15, -0.1) is 0 Å². The molecule has 1 aromatic carbocycles. The molecule has 2 saturated heterocycles. The zero-order chi connectivity index (χ0) is 19.2. The predicted octanol–water partition coefficient (Wildman–Crippen LogP) is 0.650. The topological polar surface area (TPSA) is 95.7 Å². The Hall–Kier alpha value is -2.23. The fourth-order valence-electron chi connectivity index (χ4n) is 4.23. The first-order chi connectivity index (χ1) is 12.8. The number of fused-ring (bicyclic) bond motifs is 1. The number of likely N-dealkylation sites (tertiary alicyclic amines) is 1. The van der Waals surface area contributed by atoms with E-state index in [4.69, 9.17) is 0 Å². The van der Waals surface area contributed by atoms with Crippen molar-refractivity contribution in [2.45, 2.75) is 6.54 Å². The Balaban J connectivity index is 1.47. The Kier molecular flexibility index (Phi) is 4.32. The van der Waals surface area contributed by atoms with E-state index >= 15 is 0 Å². The molecule has 27 heavy (non-hydrogen) atoms. The molecule has 0 radical (unpaired) electrons. The summed E-state index contributed by atoms with van der Waals surface area (Å²) in [5, 5.41) is 14.0. The molecule has 2 aliphatic heterocycles. The normalized spacial score (nSPS) is 26.3. The van der Waals surface area contributed by atoms with Gasteiger partial charge in [0.2, 0.25) is 10.0 Å². The molecule has 0 saturated carbocycles. The van der Waals surface area contributed by atoms with Crippen LogP contribution in [0.1, 0.15) is 5.56 Å². The predicted molar refractivity (Wildman–Crippen MR) is 98.8 cm³/mol. The summed E-state index contributed by atoms with van der Waals surface area (Å²) in [7, 11) is -3.38. The second kappa shape index (κ2) is 6.43. The highest BCUT2D eigenvalue weighted by Gasteiger charge is 2.58. The van der Waals surface area contributed by atoms with Crippen molar-refractivity contribution in [3.8, 4) is 5.69 Å². The molecule has 2 aliphatic rings. The van der Waals surface area contributed by atoms with Crippen LogP contribution < -0.4 is 0 Å². The lowest BCUT2D eigenvalue weighted by molar-refractivity contribution is -0.148. The Morgan fingerprint density at radius 3 is 2.56 bits per heavy atom. The first kappa shape index (κ1) is 18.1. The Bertz CT molecular complexity index is 942. The molecule has 1 N–H and O–H groups in total. The number of aliphatic carboxylic acids is 1. The summed E-state index contributed by atoms with van der Waals surface area (Å²) in [6.45, 7) is 1.92. The van der Waals surface area contributed by atoms with Gasteiger partial charge in [-0.1, -0.05) is 12.1 Å². The standard InChI is InChI=1S/C18H22N4O4S/c1-27(25,26)21-11-15-10-20(12-18(15,13-21)17(23)24)9-14-3-5-16(6-4-14)22-8-2-7-19-22/h2-8,15H,9-13H2,1H3,(H,23,24)/t15-,18-/m1/s1. The van der Waals surface area contributed by atoms with Crippen molar-refractivity contribution in [1.29, 1.82) is 0 Å². The van der Waals surface area contributed by atoms with Gasteiger partial charge in [-0.05, 0) is 23.8 Å². The molecule has 2 aromatic rings. The molecule has 2 atom stereocenters. The molecule has 2 fully saturated rings. The van der Waals surface area contributed by atoms with E-state index in [-0.39, 0.29) is 19.0 Å². The number of hydrogen-bond donors (Lipinski definition) is 1. The lowest BCUT2D eigenvalue weighted by Crippen LogP contribution is -2.41. The zero-order valence-corrected chi connectivity index (χ0v) is 15.8. The molecule has 1 aromatic heterocycles. The Labute approximate surface area is 158 Å². The van der Waals surface area contributed by atoms with Gasteiger partial charge in [-0.25, -0.2) is 17.4 Å². The number of carboxylic acid groups (broad SMARTS) is 1. The van der Waals surface area contributed by atoms with Gasteiger partial charge in [0.25, 0.3) is 0 Å². The number of nitrogens with zero attached hydrogens (tertiary/aromatic N) is 4. The number of carboxylic acids is 1. The highest BCUT2D eigenvalue weighted by molar-refractivity contribution is 7.88. The van der Waals surface area contributed by atoms with Gasteiger partial charge in [0.05, 0.1) is 17.4 Å². The van der Waals surface area contributed by atoms with E-state index in [1.165, 1.54) is 4.31 Å². The van der Waals surface area contributed by atoms with Crippen LogP contribution in [0.15, 0.2) is 42.7 Å². The molecular formula is C18H22N4O4S. The third-order valence-corrected chi connectivity index (χ3v) is 6.87. The van der Waals surface area contributed by atoms with Gasteiger partial charge in [0.15, 0.2) is 0 Å². The molecule has 0 aliphatic carbocycles. The summed E-state index contributed by atoms with van der Waals surface area (Å²) in [6, 6.07) is 9.86. The van der Waals surface area contributed by atoms with Gasteiger partial charge < -0.3 is 5.11 Å². The first-order valence-corrected chi connectivity index (χ1v) is 10.6. The van der Waals surface area contributed by atoms with Crippen LogP contribution in [0.2, 0.25) is 0 Å². The highest BCUT2D eigenvalue weighted by Crippen LogP contribution is 2.44. The lowest BCUT2D eigenvalue weighted by atomic mass is 9.81. The lowest BCUT2D eigenvalue weighted by Gasteiger charge is -2.24. The van der Waals surface area contributed by atoms with Gasteiger partial charge in [-0.2, -0.15) is 5.10 Å². The highest BCUT2D eigenvalue weighted by atomic mass is 32.2. The Morgan fingerprint density at radius 1 is 1.26 bits per heavy atom. The molecule has 3 heterocycles. The van der Waals surface area contributed by atoms with Gasteiger partial charge in [0, 0.05) is 51.0 Å². The molecule has 9 heteroatoms. The van der Waals surface area contributed by atoms with E-state index in [2.05, 4.69) is 10.00 Å². The van der Waals surface area contributed by atoms with E-state index < -0.39 is 21.4 Å². The summed E-state index contributed by atoms with van der Waals surface area (Å²) in [6.07, 6.45) is 4.74. The third-order valence-electron chi connectivity index (χ3n) is 5.65. The minimum Gasteiger partial charge on any atom is -0.481 e. The van der Waals surface area contributed by atoms with Crippen LogP contribution in [-0.2, 0) is 21.4 Å². The van der Waals surface area contributed by atoms with Crippen molar-refractivity contribution >= 4 is 16.0 Å². The average molecular weight is 390 g/mol. The molecule has 144 valence electrons. The average Bonchev–Trinajstić information content (AvgIpc) is 3.29. The third kappa shape index (κ3) is 3.26. The van der Waals surface area contributed by atoms with Crippen LogP contribution in [0, 0.1) is 11.3 Å². The van der Waals surface area contributed by atoms with E-state index in [9.17, 15) is 18.3 Å². The number of sulfonamides is 1. The summed E-state index contributed by atoms with van der Waals surface area (Å²) >= 11 is 0. The zero-order valence-electron chi connectivity index (χ0n) is 15.0. The van der Waals surface area contributed by atoms with Crippen LogP contribution >= 0.6 is 0 Å². The maximum atomic E-state index is 12.0. The summed E-state index contributed by atoms with van der Waals surface area (Å²) in [5.41, 5.74) is 1.04. The van der Waals surface area contributed by atoms with Crippen molar-refractivity contribution in [2.24, 2.45) is 11.3 Å². The summed E-state index contributed by atoms with van der Waals surface area (Å²) in [4.78, 5) is 14.1. The van der Waals surface area contributed by atoms with Crippen molar-refractivity contribution in [2.75, 3.05) is 32.4 Å². The fraction of sp³-hybridized carbons (Fsp3) is 0.444. The van der Waals surface area contributed by atoms with Crippen LogP contribution in [0.3, 0.4) is 0 Å². The fourth-order valence-corrected chi connectivity index (χ4v) is 5.15. The second-order valence-electron chi connectivity index (χ2n) is 7.50. The first-order valence-electron chi connectivity index (χ1n) is 8.78. The van der Waals surface area contributed by atoms with Crippen LogP contribution in [-0.4, -0.2) is 70.9 Å². The van der Waals surface area contributed by atoms with E-state index in [1.807, 2.05) is 36.5 Å². The minimum absolute atomic E-state index is 0.0561. The molecular weight excluding hydrogens is 368 g/mol. The van der Waals surface area contributed by atoms with Crippen LogP contribution in [0.4, 0.5) is 0 Å². The monoisotopic (exact) mass is 390 g/mol. The summed E-state index contributed by atoms with van der Waals surface area (Å²) in [5.74, 6) is -1.09. The second-order valence-corrected chi connectivity index (χ2v) is 9.48. The Morgan fingerprint density at radius 2 is 2.00 bits per heavy atom. The van der Waals surface area contributed by atoms with Crippen LogP contribution in [0.5, 0.6) is 0 Å². The van der Waals surface area contributed by atoms with Crippen LogP contribution in [0.25, 0.3) is 5.69 Å². The minimum atomic E-state index is -3.38. The molecule has 0 unspecified atom stereocenters. The van der Waals surface area contributed by atoms with E-state index in [0.29, 0.717) is 19.6 Å². The maximum absolute atomic E-state index is 12.0. The van der Waals surface area contributed by atoms with Crippen molar-refractivity contribution in [1.82, 2.24) is 19.0 Å². The van der Waals surface area contributed by atoms with Crippen molar-refractivity contribution < 1.29 is 18.3 Å². The SMILES string of the molecule is CS(=O)(=O)N1C[C@H]2CN(Cc3ccc(-n4cccn4)cc3)C[C@@]2(C(=O)O)C1. The van der Waals surface area contributed by atoms with Gasteiger partial charge >= 0.3 is 5.97 Å². The quantitative estimate of drug-likeness (QED) is 0.805. The maximum Gasteiger partial charge on any atom is 0.312 e. The van der Waals surface area contributed by atoms with E-state index in [1.54, 1.807) is 10.9 Å². The number of carbonyl (C=O) groups is 1. The largest absolute Gasteiger partial charge is 0.481 e. The van der Waals surface area contributed by atoms with E-state index in [0.717, 1.165) is 17.5 Å². The molecule has 0 bridgehead atoms. The smallest absolute Gasteiger partial charge is 0.312 e. The number of rotatable bonds is 5. The van der Waals surface area contributed by atoms with Crippen molar-refractivity contribution in [3.63, 3.8) is 0 Å². The molecule has 8 nitrogen and oxygen atoms in total. The van der Waals surface area contributed by atoms with Gasteiger partial charge in [-0.3, -0.25) is 9.69 Å². The molecule has 0 amide bonds. The molecule has 0 spiro atoms. The number of benzene rings is 1. The van der Waals surface area contributed by atoms with Gasteiger partial charge in [0.1, 0.15) is 0 Å². The summed E-state index contributed by atoms with van der Waals surface area (Å²) < 4.78 is 26.8. The van der Waals surface area contributed by atoms with Crippen molar-refractivity contribution in [3.05, 3.63) is 48.3 Å². The number of aromatic nitrogens is 2.